The summed E-state index contributed by atoms with van der Waals surface area (Å²) in [6.45, 7) is 8.29. The predicted molar refractivity (Wildman–Crippen MR) is 155 cm³/mol. The first-order valence-electron chi connectivity index (χ1n) is 14.7. The molecule has 0 bridgehead atoms. The van der Waals surface area contributed by atoms with Gasteiger partial charge >= 0.3 is 6.18 Å². The van der Waals surface area contributed by atoms with Crippen molar-refractivity contribution in [2.45, 2.75) is 82.5 Å². The van der Waals surface area contributed by atoms with Crippen molar-refractivity contribution in [2.24, 2.45) is 10.4 Å². The third kappa shape index (κ3) is 5.92. The number of pyridine rings is 1. The lowest BCUT2D eigenvalue weighted by Gasteiger charge is -2.43. The summed E-state index contributed by atoms with van der Waals surface area (Å²) in [6.07, 6.45) is 0.741. The molecule has 0 unspecified atom stereocenters. The molecule has 3 aliphatic rings. The fourth-order valence-electron chi connectivity index (χ4n) is 5.78. The predicted octanol–water partition coefficient (Wildman–Crippen LogP) is 8.15. The van der Waals surface area contributed by atoms with E-state index in [2.05, 4.69) is 29.6 Å². The number of hydrogen-bond donors (Lipinski definition) is 0. The number of aliphatic imine (C=N–C) groups is 1. The Labute approximate surface area is 248 Å². The zero-order valence-corrected chi connectivity index (χ0v) is 25.6. The Morgan fingerprint density at radius 1 is 1.07 bits per heavy atom. The highest BCUT2D eigenvalue weighted by Crippen LogP contribution is 2.57. The summed E-state index contributed by atoms with van der Waals surface area (Å²) in [5, 5.41) is 0.0789. The van der Waals surface area contributed by atoms with Crippen molar-refractivity contribution in [3.05, 3.63) is 53.4 Å². The van der Waals surface area contributed by atoms with Crippen LogP contribution in [0.25, 0.3) is 11.0 Å². The van der Waals surface area contributed by atoms with Crippen LogP contribution in [0.4, 0.5) is 22.0 Å². The number of benzene rings is 1. The van der Waals surface area contributed by atoms with Crippen LogP contribution in [-0.4, -0.2) is 49.5 Å². The Bertz CT molecular complexity index is 1530. The van der Waals surface area contributed by atoms with Gasteiger partial charge in [0.15, 0.2) is 23.3 Å². The van der Waals surface area contributed by atoms with Crippen molar-refractivity contribution in [1.29, 1.82) is 0 Å². The lowest BCUT2D eigenvalue weighted by molar-refractivity contribution is -0.212. The van der Waals surface area contributed by atoms with Gasteiger partial charge in [-0.05, 0) is 61.1 Å². The molecular weight excluding hydrogens is 585 g/mol. The van der Waals surface area contributed by atoms with Crippen LogP contribution in [0.5, 0.6) is 11.5 Å². The smallest absolute Gasteiger partial charge is 0.398 e. The molecule has 6 nitrogen and oxygen atoms in total. The third-order valence-corrected chi connectivity index (χ3v) is 10.6. The Balaban J connectivity index is 1.32. The first kappa shape index (κ1) is 30.1. The molecule has 0 saturated heterocycles. The van der Waals surface area contributed by atoms with E-state index in [0.29, 0.717) is 37.6 Å². The van der Waals surface area contributed by atoms with Gasteiger partial charge in [0.25, 0.3) is 0 Å². The number of alkyl halides is 3. The van der Waals surface area contributed by atoms with E-state index in [1.54, 1.807) is 0 Å². The van der Waals surface area contributed by atoms with Gasteiger partial charge in [0.1, 0.15) is 18.1 Å². The molecule has 43 heavy (non-hydrogen) atoms. The number of rotatable bonds is 10. The van der Waals surface area contributed by atoms with Gasteiger partial charge in [-0.1, -0.05) is 26.1 Å². The summed E-state index contributed by atoms with van der Waals surface area (Å²) in [4.78, 5) is 8.79. The fourth-order valence-corrected chi connectivity index (χ4v) is 6.53. The first-order valence-corrected chi connectivity index (χ1v) is 18.4. The van der Waals surface area contributed by atoms with Gasteiger partial charge in [0, 0.05) is 38.9 Å². The van der Waals surface area contributed by atoms with E-state index in [-0.39, 0.29) is 53.8 Å². The molecule has 0 amide bonds. The summed E-state index contributed by atoms with van der Waals surface area (Å²) in [5.41, 5.74) is -1.46. The maximum absolute atomic E-state index is 15.3. The van der Waals surface area contributed by atoms with Crippen LogP contribution in [0.2, 0.25) is 25.7 Å². The summed E-state index contributed by atoms with van der Waals surface area (Å²) in [7, 11) is -1.38. The molecule has 1 spiro atoms. The van der Waals surface area contributed by atoms with Gasteiger partial charge in [-0.25, -0.2) is 13.8 Å². The number of ether oxygens (including phenoxy) is 3. The zero-order chi connectivity index (χ0) is 30.6. The van der Waals surface area contributed by atoms with Crippen LogP contribution >= 0.6 is 0 Å². The largest absolute Gasteiger partial charge is 0.480 e. The molecule has 6 rings (SSSR count). The zero-order valence-electron chi connectivity index (χ0n) is 24.6. The minimum absolute atomic E-state index is 0.00410. The molecule has 2 fully saturated rings. The van der Waals surface area contributed by atoms with Gasteiger partial charge in [0.05, 0.1) is 24.0 Å². The lowest BCUT2D eigenvalue weighted by atomic mass is 9.64. The molecule has 0 N–H and O–H groups in total. The molecule has 12 heteroatoms. The minimum Gasteiger partial charge on any atom is -0.480 e. The van der Waals surface area contributed by atoms with Crippen LogP contribution in [0.15, 0.2) is 35.6 Å². The number of hydrogen-bond acceptors (Lipinski definition) is 5. The number of aromatic nitrogens is 2. The maximum Gasteiger partial charge on any atom is 0.398 e. The summed E-state index contributed by atoms with van der Waals surface area (Å²) in [5.74, 6) is -2.31. The highest BCUT2D eigenvalue weighted by atomic mass is 28.3. The van der Waals surface area contributed by atoms with E-state index in [9.17, 15) is 13.2 Å². The molecule has 1 aliphatic heterocycles. The Hall–Kier alpha value is -2.99. The van der Waals surface area contributed by atoms with Crippen LogP contribution in [0.3, 0.4) is 0 Å². The number of nitrogens with zero attached hydrogens (tertiary/aromatic N) is 3. The van der Waals surface area contributed by atoms with Crippen LogP contribution in [0.1, 0.15) is 43.2 Å². The lowest BCUT2D eigenvalue weighted by Crippen LogP contribution is -2.47. The SMILES string of the molecule is C[Si](C)(C)CCOCn1cc(C2(C(F)(F)F)CCC2)c2c(Oc3c(F)cc(CC4=NCC5(CC5)CO4)cc3F)ccnc21. The molecule has 232 valence electrons. The van der Waals surface area contributed by atoms with Crippen LogP contribution in [-0.2, 0) is 28.0 Å². The molecule has 3 aromatic rings. The molecule has 3 heterocycles. The van der Waals surface area contributed by atoms with E-state index in [1.807, 2.05) is 0 Å². The highest BCUT2D eigenvalue weighted by molar-refractivity contribution is 6.76. The second-order valence-corrected chi connectivity index (χ2v) is 19.1. The maximum atomic E-state index is 15.3. The number of fused-ring (bicyclic) bond motifs is 1. The monoisotopic (exact) mass is 621 g/mol. The van der Waals surface area contributed by atoms with Crippen molar-refractivity contribution < 1.29 is 36.2 Å². The van der Waals surface area contributed by atoms with Crippen LogP contribution in [0, 0.1) is 17.0 Å². The molecule has 2 aromatic heterocycles. The normalized spacial score (nSPS) is 19.2. The van der Waals surface area contributed by atoms with Gasteiger partial charge in [-0.15, -0.1) is 0 Å². The fraction of sp³-hybridized carbons (Fsp3) is 0.548. The second kappa shape index (κ2) is 10.9. The number of halogens is 5. The molecular formula is C31H36F5N3O3Si. The van der Waals surface area contributed by atoms with Gasteiger partial charge in [-0.2, -0.15) is 13.2 Å². The molecule has 1 aromatic carbocycles. The van der Waals surface area contributed by atoms with Crippen molar-refractivity contribution in [3.63, 3.8) is 0 Å². The molecule has 0 atom stereocenters. The van der Waals surface area contributed by atoms with E-state index in [1.165, 1.54) is 23.0 Å². The van der Waals surface area contributed by atoms with Crippen molar-refractivity contribution in [2.75, 3.05) is 19.8 Å². The summed E-state index contributed by atoms with van der Waals surface area (Å²) in [6, 6.07) is 4.52. The Kier molecular flexibility index (Phi) is 7.59. The van der Waals surface area contributed by atoms with Crippen LogP contribution < -0.4 is 4.74 Å². The Morgan fingerprint density at radius 2 is 1.79 bits per heavy atom. The van der Waals surface area contributed by atoms with E-state index in [4.69, 9.17) is 14.2 Å². The summed E-state index contributed by atoms with van der Waals surface area (Å²) < 4.78 is 93.2. The minimum atomic E-state index is -4.53. The van der Waals surface area contributed by atoms with E-state index < -0.39 is 37.0 Å². The average Bonchev–Trinajstić information content (AvgIpc) is 3.55. The third-order valence-electron chi connectivity index (χ3n) is 8.93. The average molecular weight is 622 g/mol. The Morgan fingerprint density at radius 3 is 2.35 bits per heavy atom. The van der Waals surface area contributed by atoms with Gasteiger partial charge < -0.3 is 18.8 Å². The highest BCUT2D eigenvalue weighted by Gasteiger charge is 2.60. The van der Waals surface area contributed by atoms with Gasteiger partial charge in [-0.3, -0.25) is 4.99 Å². The van der Waals surface area contributed by atoms with Crippen molar-refractivity contribution in [1.82, 2.24) is 9.55 Å². The standard InChI is InChI=1S/C31H36F5N3O3Si/c1-43(2,3)12-11-40-19-39-16-21(30(6-4-7-30)31(34,35)36)26-24(5-10-37-28(26)39)42-27-22(32)13-20(14-23(27)33)15-25-38-17-29(8-9-29)18-41-25/h5,10,13-14,16H,4,6-9,11-12,15,17-19H2,1-3H3. The molecule has 0 radical (unpaired) electrons. The molecule has 2 aliphatic carbocycles. The second-order valence-electron chi connectivity index (χ2n) is 13.5. The van der Waals surface area contributed by atoms with E-state index >= 15 is 8.78 Å². The van der Waals surface area contributed by atoms with E-state index in [0.717, 1.165) is 31.0 Å². The van der Waals surface area contributed by atoms with Crippen molar-refractivity contribution in [3.8, 4) is 11.5 Å². The summed E-state index contributed by atoms with van der Waals surface area (Å²) >= 11 is 0. The quantitative estimate of drug-likeness (QED) is 0.130. The van der Waals surface area contributed by atoms with Gasteiger partial charge in [0.2, 0.25) is 0 Å². The topological polar surface area (TPSA) is 57.9 Å². The first-order chi connectivity index (χ1) is 20.3. The van der Waals surface area contributed by atoms with Crippen molar-refractivity contribution >= 4 is 25.0 Å². The molecule has 2 saturated carbocycles.